The van der Waals surface area contributed by atoms with Crippen LogP contribution in [-0.4, -0.2) is 25.6 Å². The summed E-state index contributed by atoms with van der Waals surface area (Å²) >= 11 is 5.82. The first-order valence-electron chi connectivity index (χ1n) is 7.21. The molecule has 1 aliphatic heterocycles. The van der Waals surface area contributed by atoms with Crippen molar-refractivity contribution in [1.82, 2.24) is 5.32 Å². The molecule has 1 heterocycles. The van der Waals surface area contributed by atoms with Gasteiger partial charge in [0.2, 0.25) is 0 Å². The molecule has 0 radical (unpaired) electrons. The van der Waals surface area contributed by atoms with Crippen molar-refractivity contribution in [2.24, 2.45) is 0 Å². The van der Waals surface area contributed by atoms with E-state index < -0.39 is 0 Å². The van der Waals surface area contributed by atoms with Crippen molar-refractivity contribution in [3.63, 3.8) is 0 Å². The van der Waals surface area contributed by atoms with Gasteiger partial charge in [0.1, 0.15) is 0 Å². The van der Waals surface area contributed by atoms with Crippen LogP contribution in [0.3, 0.4) is 0 Å². The number of hydrogen-bond donors (Lipinski definition) is 2. The lowest BCUT2D eigenvalue weighted by Gasteiger charge is -2.24. The smallest absolute Gasteiger partial charge is 0.255 e. The summed E-state index contributed by atoms with van der Waals surface area (Å²) in [4.78, 5) is 12.1. The summed E-state index contributed by atoms with van der Waals surface area (Å²) in [6, 6.07) is 14.5. The zero-order chi connectivity index (χ0) is 15.4. The van der Waals surface area contributed by atoms with E-state index in [4.69, 9.17) is 16.3 Å². The van der Waals surface area contributed by atoms with E-state index in [1.54, 1.807) is 24.3 Å². The van der Waals surface area contributed by atoms with Gasteiger partial charge in [-0.05, 0) is 42.0 Å². The highest BCUT2D eigenvalue weighted by atomic mass is 35.5. The van der Waals surface area contributed by atoms with E-state index in [2.05, 4.69) is 10.6 Å². The number of morpholine rings is 1. The highest BCUT2D eigenvalue weighted by Gasteiger charge is 2.15. The van der Waals surface area contributed by atoms with E-state index in [0.717, 1.165) is 30.9 Å². The van der Waals surface area contributed by atoms with E-state index in [1.165, 1.54) is 0 Å². The molecule has 0 saturated carbocycles. The number of carbonyl (C=O) groups excluding carboxylic acids is 1. The van der Waals surface area contributed by atoms with Crippen molar-refractivity contribution in [3.8, 4) is 0 Å². The van der Waals surface area contributed by atoms with E-state index in [0.29, 0.717) is 10.6 Å². The third-order valence-corrected chi connectivity index (χ3v) is 3.83. The molecular weight excluding hydrogens is 335 g/mol. The monoisotopic (exact) mass is 352 g/mol. The van der Waals surface area contributed by atoms with E-state index in [9.17, 15) is 4.79 Å². The number of benzene rings is 2. The van der Waals surface area contributed by atoms with Gasteiger partial charge in [-0.1, -0.05) is 23.7 Å². The molecule has 1 unspecified atom stereocenters. The van der Waals surface area contributed by atoms with E-state index in [-0.39, 0.29) is 24.4 Å². The van der Waals surface area contributed by atoms with Crippen LogP contribution in [0.1, 0.15) is 22.0 Å². The van der Waals surface area contributed by atoms with Crippen LogP contribution in [0.5, 0.6) is 0 Å². The van der Waals surface area contributed by atoms with E-state index in [1.807, 2.05) is 24.3 Å². The first-order chi connectivity index (χ1) is 10.7. The molecule has 1 fully saturated rings. The Balaban J connectivity index is 0.00000192. The van der Waals surface area contributed by atoms with Gasteiger partial charge in [0.25, 0.3) is 5.91 Å². The Hall–Kier alpha value is -1.59. The first kappa shape index (κ1) is 17.8. The summed E-state index contributed by atoms with van der Waals surface area (Å²) in [6.07, 6.45) is 0.0785. The van der Waals surface area contributed by atoms with Gasteiger partial charge in [-0.3, -0.25) is 4.79 Å². The van der Waals surface area contributed by atoms with Gasteiger partial charge in [0.15, 0.2) is 0 Å². The van der Waals surface area contributed by atoms with Crippen LogP contribution >= 0.6 is 24.0 Å². The van der Waals surface area contributed by atoms with E-state index >= 15 is 0 Å². The summed E-state index contributed by atoms with van der Waals surface area (Å²) in [5.74, 6) is -0.153. The molecule has 2 aromatic rings. The maximum atomic E-state index is 12.1. The van der Waals surface area contributed by atoms with Crippen LogP contribution in [0.2, 0.25) is 5.02 Å². The van der Waals surface area contributed by atoms with Crippen molar-refractivity contribution in [2.75, 3.05) is 25.0 Å². The highest BCUT2D eigenvalue weighted by molar-refractivity contribution is 6.30. The molecule has 3 rings (SSSR count). The van der Waals surface area contributed by atoms with Gasteiger partial charge in [-0.2, -0.15) is 0 Å². The highest BCUT2D eigenvalue weighted by Crippen LogP contribution is 2.21. The number of anilines is 1. The van der Waals surface area contributed by atoms with Gasteiger partial charge in [0.05, 0.1) is 12.7 Å². The minimum Gasteiger partial charge on any atom is -0.371 e. The summed E-state index contributed by atoms with van der Waals surface area (Å²) in [5.41, 5.74) is 2.44. The molecule has 1 amide bonds. The van der Waals surface area contributed by atoms with Crippen molar-refractivity contribution in [1.29, 1.82) is 0 Å². The fraction of sp³-hybridized carbons (Fsp3) is 0.235. The molecule has 1 aliphatic rings. The molecule has 0 aliphatic carbocycles. The maximum Gasteiger partial charge on any atom is 0.255 e. The Kier molecular flexibility index (Phi) is 6.42. The predicted molar refractivity (Wildman–Crippen MR) is 94.7 cm³/mol. The fourth-order valence-corrected chi connectivity index (χ4v) is 2.49. The Morgan fingerprint density at radius 2 is 1.83 bits per heavy atom. The van der Waals surface area contributed by atoms with Gasteiger partial charge in [-0.15, -0.1) is 12.4 Å². The third-order valence-electron chi connectivity index (χ3n) is 3.57. The van der Waals surface area contributed by atoms with Gasteiger partial charge in [-0.25, -0.2) is 0 Å². The van der Waals surface area contributed by atoms with Crippen molar-refractivity contribution in [3.05, 3.63) is 64.7 Å². The van der Waals surface area contributed by atoms with Crippen LogP contribution in [0, 0.1) is 0 Å². The first-order valence-corrected chi connectivity index (χ1v) is 7.59. The van der Waals surface area contributed by atoms with Crippen LogP contribution < -0.4 is 10.6 Å². The second-order valence-electron chi connectivity index (χ2n) is 5.15. The van der Waals surface area contributed by atoms with Gasteiger partial charge < -0.3 is 15.4 Å². The molecule has 1 saturated heterocycles. The Morgan fingerprint density at radius 1 is 1.13 bits per heavy atom. The minimum absolute atomic E-state index is 0. The summed E-state index contributed by atoms with van der Waals surface area (Å²) in [7, 11) is 0. The SMILES string of the molecule is Cl.O=C(Nc1ccc(C2CNCCO2)cc1)c1ccc(Cl)cc1. The number of rotatable bonds is 3. The second-order valence-corrected chi connectivity index (χ2v) is 5.58. The van der Waals surface area contributed by atoms with Gasteiger partial charge in [0, 0.05) is 29.4 Å². The lowest BCUT2D eigenvalue weighted by Crippen LogP contribution is -2.33. The quantitative estimate of drug-likeness (QED) is 0.885. The van der Waals surface area contributed by atoms with Crippen molar-refractivity contribution in [2.45, 2.75) is 6.10 Å². The number of halogens is 2. The molecule has 0 bridgehead atoms. The fourth-order valence-electron chi connectivity index (χ4n) is 2.37. The normalized spacial score (nSPS) is 17.2. The average molecular weight is 353 g/mol. The van der Waals surface area contributed by atoms with Crippen LogP contribution in [-0.2, 0) is 4.74 Å². The molecule has 0 aromatic heterocycles. The number of ether oxygens (including phenoxy) is 1. The maximum absolute atomic E-state index is 12.1. The molecule has 122 valence electrons. The number of amides is 1. The molecule has 2 aromatic carbocycles. The van der Waals surface area contributed by atoms with Crippen molar-refractivity contribution < 1.29 is 9.53 Å². The Morgan fingerprint density at radius 3 is 2.43 bits per heavy atom. The molecule has 0 spiro atoms. The second kappa shape index (κ2) is 8.31. The van der Waals surface area contributed by atoms with Crippen molar-refractivity contribution >= 4 is 35.6 Å². The van der Waals surface area contributed by atoms with Crippen LogP contribution in [0.4, 0.5) is 5.69 Å². The van der Waals surface area contributed by atoms with Crippen LogP contribution in [0.25, 0.3) is 0 Å². The number of nitrogens with one attached hydrogen (secondary N) is 2. The zero-order valence-corrected chi connectivity index (χ0v) is 14.0. The minimum atomic E-state index is -0.153. The molecule has 23 heavy (non-hydrogen) atoms. The lowest BCUT2D eigenvalue weighted by molar-refractivity contribution is 0.0277. The third kappa shape index (κ3) is 4.69. The van der Waals surface area contributed by atoms with Crippen LogP contribution in [0.15, 0.2) is 48.5 Å². The number of carbonyl (C=O) groups is 1. The lowest BCUT2D eigenvalue weighted by atomic mass is 10.1. The molecule has 6 heteroatoms. The topological polar surface area (TPSA) is 50.4 Å². The Bertz CT molecular complexity index is 639. The summed E-state index contributed by atoms with van der Waals surface area (Å²) < 4.78 is 5.70. The number of hydrogen-bond acceptors (Lipinski definition) is 3. The average Bonchev–Trinajstić information content (AvgIpc) is 2.57. The molecular formula is C17H18Cl2N2O2. The Labute approximate surface area is 146 Å². The standard InChI is InChI=1S/C17H17ClN2O2.ClH/c18-14-5-1-13(2-6-14)17(21)20-15-7-3-12(4-8-15)16-11-19-9-10-22-16;/h1-8,16,19H,9-11H2,(H,20,21);1H. The zero-order valence-electron chi connectivity index (χ0n) is 12.4. The van der Waals surface area contributed by atoms with Gasteiger partial charge >= 0.3 is 0 Å². The largest absolute Gasteiger partial charge is 0.371 e. The molecule has 2 N–H and O–H groups in total. The molecule has 4 nitrogen and oxygen atoms in total. The predicted octanol–water partition coefficient (Wildman–Crippen LogP) is 3.68. The molecule has 1 atom stereocenters. The summed E-state index contributed by atoms with van der Waals surface area (Å²) in [6.45, 7) is 2.43. The summed E-state index contributed by atoms with van der Waals surface area (Å²) in [5, 5.41) is 6.78.